The summed E-state index contributed by atoms with van der Waals surface area (Å²) < 4.78 is 0. The number of hydrogen-bond acceptors (Lipinski definition) is 4. The Kier molecular flexibility index (Phi) is 5.40. The molecule has 1 saturated heterocycles. The second-order valence-corrected chi connectivity index (χ2v) is 7.09. The van der Waals surface area contributed by atoms with Gasteiger partial charge in [-0.25, -0.2) is 4.99 Å². The lowest BCUT2D eigenvalue weighted by Gasteiger charge is -2.30. The van der Waals surface area contributed by atoms with Crippen molar-refractivity contribution in [3.05, 3.63) is 65.2 Å². The number of amides is 1. The van der Waals surface area contributed by atoms with Gasteiger partial charge >= 0.3 is 5.97 Å². The van der Waals surface area contributed by atoms with Crippen LogP contribution in [0.15, 0.2) is 59.6 Å². The Hall–Kier alpha value is -2.31. The zero-order valence-corrected chi connectivity index (χ0v) is 14.7. The van der Waals surface area contributed by atoms with Crippen LogP contribution in [-0.2, 0) is 16.1 Å². The Labute approximate surface area is 154 Å². The number of hydrogen-bond donors (Lipinski definition) is 1. The van der Waals surface area contributed by atoms with Gasteiger partial charge in [0.1, 0.15) is 5.25 Å². The van der Waals surface area contributed by atoms with Crippen molar-refractivity contribution in [3.8, 4) is 0 Å². The van der Waals surface area contributed by atoms with Gasteiger partial charge < -0.3 is 5.11 Å². The normalized spacial score (nSPS) is 19.2. The quantitative estimate of drug-likeness (QED) is 0.879. The third-order valence-electron chi connectivity index (χ3n) is 3.65. The van der Waals surface area contributed by atoms with E-state index in [1.165, 1.54) is 4.90 Å². The van der Waals surface area contributed by atoms with Gasteiger partial charge in [0.15, 0.2) is 5.17 Å². The lowest BCUT2D eigenvalue weighted by molar-refractivity contribution is -0.139. The lowest BCUT2D eigenvalue weighted by atomic mass is 10.2. The highest BCUT2D eigenvalue weighted by Gasteiger charge is 2.35. The molecular formula is C18H15ClN2O3S. The zero-order valence-electron chi connectivity index (χ0n) is 13.1. The minimum Gasteiger partial charge on any atom is -0.480 e. The minimum atomic E-state index is -1.01. The van der Waals surface area contributed by atoms with Crippen LogP contribution in [0.2, 0.25) is 5.02 Å². The summed E-state index contributed by atoms with van der Waals surface area (Å²) in [5.74, 6) is -1.26. The minimum absolute atomic E-state index is 0.0542. The smallest absolute Gasteiger partial charge is 0.317 e. The van der Waals surface area contributed by atoms with Crippen molar-refractivity contribution >= 4 is 46.1 Å². The summed E-state index contributed by atoms with van der Waals surface area (Å²) in [6, 6.07) is 16.4. The van der Waals surface area contributed by atoms with E-state index in [1.807, 2.05) is 42.5 Å². The van der Waals surface area contributed by atoms with E-state index >= 15 is 0 Å². The van der Waals surface area contributed by atoms with Gasteiger partial charge in [0.05, 0.1) is 18.7 Å². The molecule has 1 amide bonds. The maximum atomic E-state index is 12.5. The van der Waals surface area contributed by atoms with Crippen LogP contribution in [0.5, 0.6) is 0 Å². The van der Waals surface area contributed by atoms with Crippen LogP contribution in [-0.4, -0.2) is 32.3 Å². The predicted molar refractivity (Wildman–Crippen MR) is 99.2 cm³/mol. The van der Waals surface area contributed by atoms with Gasteiger partial charge in [-0.1, -0.05) is 53.7 Å². The fourth-order valence-electron chi connectivity index (χ4n) is 2.37. The largest absolute Gasteiger partial charge is 0.480 e. The molecule has 2 aromatic rings. The number of nitrogens with zero attached hydrogens (tertiary/aromatic N) is 2. The van der Waals surface area contributed by atoms with Gasteiger partial charge in [0, 0.05) is 5.02 Å². The molecule has 0 bridgehead atoms. The summed E-state index contributed by atoms with van der Waals surface area (Å²) in [4.78, 5) is 29.9. The molecule has 1 N–H and O–H groups in total. The number of carbonyl (C=O) groups is 2. The first-order chi connectivity index (χ1) is 12.0. The average molecular weight is 375 g/mol. The van der Waals surface area contributed by atoms with Crippen molar-refractivity contribution in [2.75, 3.05) is 0 Å². The number of carboxylic acid groups (broad SMARTS) is 1. The summed E-state index contributed by atoms with van der Waals surface area (Å²) in [7, 11) is 0. The molecule has 1 aliphatic rings. The van der Waals surface area contributed by atoms with E-state index in [2.05, 4.69) is 4.99 Å². The molecular weight excluding hydrogens is 360 g/mol. The van der Waals surface area contributed by atoms with Gasteiger partial charge in [-0.15, -0.1) is 0 Å². The second kappa shape index (κ2) is 7.72. The van der Waals surface area contributed by atoms with Crippen molar-refractivity contribution in [2.45, 2.75) is 18.2 Å². The van der Waals surface area contributed by atoms with Crippen LogP contribution >= 0.6 is 23.4 Å². The molecule has 0 aliphatic carbocycles. The zero-order chi connectivity index (χ0) is 17.8. The van der Waals surface area contributed by atoms with Crippen LogP contribution in [0.3, 0.4) is 0 Å². The first-order valence-electron chi connectivity index (χ1n) is 7.61. The first kappa shape index (κ1) is 17.5. The van der Waals surface area contributed by atoms with Crippen molar-refractivity contribution in [1.82, 2.24) is 4.90 Å². The van der Waals surface area contributed by atoms with Gasteiger partial charge in [0.25, 0.3) is 0 Å². The summed E-state index contributed by atoms with van der Waals surface area (Å²) in [6.07, 6.45) is -0.0542. The number of thioether (sulfide) groups is 1. The Bertz CT molecular complexity index is 809. The molecule has 1 fully saturated rings. The van der Waals surface area contributed by atoms with E-state index in [0.29, 0.717) is 22.4 Å². The van der Waals surface area contributed by atoms with Crippen LogP contribution in [0.1, 0.15) is 12.0 Å². The highest BCUT2D eigenvalue weighted by atomic mass is 35.5. The fourth-order valence-corrected chi connectivity index (χ4v) is 3.53. The standard InChI is InChI=1S/C18H15ClN2O3S/c19-13-8-6-12(7-9-13)11-21-16(22)10-15(17(23)24)25-18(21)20-14-4-2-1-3-5-14/h1-9,15H,10-11H2,(H,23,24). The third kappa shape index (κ3) is 4.41. The molecule has 5 nitrogen and oxygen atoms in total. The molecule has 1 heterocycles. The van der Waals surface area contributed by atoms with E-state index in [-0.39, 0.29) is 12.3 Å². The van der Waals surface area contributed by atoms with Crippen LogP contribution in [0.4, 0.5) is 5.69 Å². The van der Waals surface area contributed by atoms with E-state index in [9.17, 15) is 14.7 Å². The van der Waals surface area contributed by atoms with Crippen LogP contribution in [0, 0.1) is 0 Å². The van der Waals surface area contributed by atoms with Crippen molar-refractivity contribution in [1.29, 1.82) is 0 Å². The van der Waals surface area contributed by atoms with Gasteiger partial charge in [-0.2, -0.15) is 0 Å². The van der Waals surface area contributed by atoms with E-state index < -0.39 is 11.2 Å². The number of halogens is 1. The topological polar surface area (TPSA) is 70.0 Å². The SMILES string of the molecule is O=C(O)C1CC(=O)N(Cc2ccc(Cl)cc2)C(=Nc2ccccc2)S1. The van der Waals surface area contributed by atoms with Crippen molar-refractivity contribution in [2.24, 2.45) is 4.99 Å². The fraction of sp³-hybridized carbons (Fsp3) is 0.167. The second-order valence-electron chi connectivity index (χ2n) is 5.49. The van der Waals surface area contributed by atoms with Crippen molar-refractivity contribution < 1.29 is 14.7 Å². The lowest BCUT2D eigenvalue weighted by Crippen LogP contribution is -2.43. The predicted octanol–water partition coefficient (Wildman–Crippen LogP) is 3.95. The Morgan fingerprint density at radius 2 is 1.88 bits per heavy atom. The molecule has 2 aromatic carbocycles. The molecule has 25 heavy (non-hydrogen) atoms. The van der Waals surface area contributed by atoms with Gasteiger partial charge in [-0.3, -0.25) is 14.5 Å². The first-order valence-corrected chi connectivity index (χ1v) is 8.87. The monoisotopic (exact) mass is 374 g/mol. The number of amidine groups is 1. The maximum Gasteiger partial charge on any atom is 0.317 e. The molecule has 128 valence electrons. The number of aliphatic carboxylic acids is 1. The summed E-state index contributed by atoms with van der Waals surface area (Å²) in [6.45, 7) is 0.320. The van der Waals surface area contributed by atoms with Crippen molar-refractivity contribution in [3.63, 3.8) is 0 Å². The highest BCUT2D eigenvalue weighted by Crippen LogP contribution is 2.30. The number of carbonyl (C=O) groups excluding carboxylic acids is 1. The molecule has 0 saturated carbocycles. The molecule has 3 rings (SSSR count). The van der Waals surface area contributed by atoms with E-state index in [4.69, 9.17) is 11.6 Å². The van der Waals surface area contributed by atoms with Crippen LogP contribution in [0.25, 0.3) is 0 Å². The van der Waals surface area contributed by atoms with Crippen LogP contribution < -0.4 is 0 Å². The average Bonchev–Trinajstić information content (AvgIpc) is 2.60. The number of aliphatic imine (C=N–C) groups is 1. The van der Waals surface area contributed by atoms with Gasteiger partial charge in [0.2, 0.25) is 5.91 Å². The Balaban J connectivity index is 1.91. The molecule has 1 aliphatic heterocycles. The van der Waals surface area contributed by atoms with Gasteiger partial charge in [-0.05, 0) is 29.8 Å². The molecule has 0 radical (unpaired) electrons. The summed E-state index contributed by atoms with van der Waals surface area (Å²) >= 11 is 7.00. The summed E-state index contributed by atoms with van der Waals surface area (Å²) in [5.41, 5.74) is 1.57. The summed E-state index contributed by atoms with van der Waals surface area (Å²) in [5, 5.41) is 9.47. The molecule has 1 unspecified atom stereocenters. The number of rotatable bonds is 4. The Morgan fingerprint density at radius 3 is 2.52 bits per heavy atom. The third-order valence-corrected chi connectivity index (χ3v) is 5.08. The molecule has 1 atom stereocenters. The van der Waals surface area contributed by atoms with E-state index in [0.717, 1.165) is 17.3 Å². The number of para-hydroxylation sites is 1. The number of carboxylic acids is 1. The molecule has 0 spiro atoms. The molecule has 7 heteroatoms. The highest BCUT2D eigenvalue weighted by molar-refractivity contribution is 8.15. The van der Waals surface area contributed by atoms with E-state index in [1.54, 1.807) is 12.1 Å². The maximum absolute atomic E-state index is 12.5. The Morgan fingerprint density at radius 1 is 1.20 bits per heavy atom. The molecule has 0 aromatic heterocycles. The number of benzene rings is 2.